The lowest BCUT2D eigenvalue weighted by Crippen LogP contribution is -2.26. The highest BCUT2D eigenvalue weighted by molar-refractivity contribution is 5.98. The molecule has 0 aliphatic carbocycles. The number of carbonyl (C=O) groups excluding carboxylic acids is 1. The first-order valence-electron chi connectivity index (χ1n) is 7.36. The van der Waals surface area contributed by atoms with Crippen LogP contribution >= 0.6 is 0 Å². The van der Waals surface area contributed by atoms with Crippen molar-refractivity contribution in [3.63, 3.8) is 0 Å². The highest BCUT2D eigenvalue weighted by atomic mass is 16.5. The third kappa shape index (κ3) is 4.35. The standard InChI is InChI=1S/C17H21N3O3/c1-12(23-15-9-5-4-8-14(15)22-3)11-20-16-13(17(21)18-2)7-6-10-19-16/h4-10,12H,11H2,1-3H3,(H,18,21)(H,19,20). The Morgan fingerprint density at radius 3 is 2.65 bits per heavy atom. The molecule has 0 aliphatic rings. The van der Waals surface area contributed by atoms with Gasteiger partial charge in [-0.05, 0) is 31.2 Å². The zero-order valence-electron chi connectivity index (χ0n) is 13.5. The van der Waals surface area contributed by atoms with Crippen LogP contribution in [-0.4, -0.2) is 37.7 Å². The summed E-state index contributed by atoms with van der Waals surface area (Å²) in [6.07, 6.45) is 1.51. The van der Waals surface area contributed by atoms with E-state index in [1.165, 1.54) is 0 Å². The van der Waals surface area contributed by atoms with Crippen LogP contribution < -0.4 is 20.1 Å². The maximum absolute atomic E-state index is 11.8. The highest BCUT2D eigenvalue weighted by Gasteiger charge is 2.13. The number of aromatic nitrogens is 1. The molecule has 0 spiro atoms. The first-order valence-corrected chi connectivity index (χ1v) is 7.36. The fourth-order valence-electron chi connectivity index (χ4n) is 2.08. The molecule has 122 valence electrons. The second-order valence-electron chi connectivity index (χ2n) is 4.94. The van der Waals surface area contributed by atoms with Crippen LogP contribution in [0.5, 0.6) is 11.5 Å². The zero-order valence-corrected chi connectivity index (χ0v) is 13.5. The Labute approximate surface area is 135 Å². The number of methoxy groups -OCH3 is 1. The van der Waals surface area contributed by atoms with Crippen molar-refractivity contribution in [2.24, 2.45) is 0 Å². The van der Waals surface area contributed by atoms with Crippen LogP contribution in [0.25, 0.3) is 0 Å². The Bertz CT molecular complexity index is 661. The number of nitrogens with zero attached hydrogens (tertiary/aromatic N) is 1. The molecule has 2 rings (SSSR count). The number of hydrogen-bond acceptors (Lipinski definition) is 5. The largest absolute Gasteiger partial charge is 0.493 e. The second kappa shape index (κ2) is 8.03. The van der Waals surface area contributed by atoms with E-state index in [-0.39, 0.29) is 12.0 Å². The van der Waals surface area contributed by atoms with Gasteiger partial charge in [0.25, 0.3) is 5.91 Å². The van der Waals surface area contributed by atoms with Crippen molar-refractivity contribution in [2.45, 2.75) is 13.0 Å². The summed E-state index contributed by atoms with van der Waals surface area (Å²) in [5.74, 6) is 1.71. The summed E-state index contributed by atoms with van der Waals surface area (Å²) in [7, 11) is 3.20. The third-order valence-corrected chi connectivity index (χ3v) is 3.23. The molecule has 0 aliphatic heterocycles. The molecule has 0 saturated carbocycles. The maximum atomic E-state index is 11.8. The van der Waals surface area contributed by atoms with E-state index in [1.807, 2.05) is 31.2 Å². The first kappa shape index (κ1) is 16.6. The van der Waals surface area contributed by atoms with Gasteiger partial charge in [-0.15, -0.1) is 0 Å². The number of benzene rings is 1. The molecule has 1 heterocycles. The van der Waals surface area contributed by atoms with Gasteiger partial charge < -0.3 is 20.1 Å². The number of ether oxygens (including phenoxy) is 2. The predicted molar refractivity (Wildman–Crippen MR) is 89.2 cm³/mol. The van der Waals surface area contributed by atoms with E-state index in [1.54, 1.807) is 32.5 Å². The van der Waals surface area contributed by atoms with Crippen molar-refractivity contribution in [2.75, 3.05) is 26.0 Å². The average Bonchev–Trinajstić information content (AvgIpc) is 2.60. The van der Waals surface area contributed by atoms with Crippen LogP contribution in [0, 0.1) is 0 Å². The SMILES string of the molecule is CNC(=O)c1cccnc1NCC(C)Oc1ccccc1OC. The lowest BCUT2D eigenvalue weighted by molar-refractivity contribution is 0.0963. The minimum atomic E-state index is -0.182. The minimum Gasteiger partial charge on any atom is -0.493 e. The lowest BCUT2D eigenvalue weighted by Gasteiger charge is -2.18. The van der Waals surface area contributed by atoms with Crippen LogP contribution in [0.3, 0.4) is 0 Å². The lowest BCUT2D eigenvalue weighted by atomic mass is 10.2. The number of hydrogen-bond donors (Lipinski definition) is 2. The van der Waals surface area contributed by atoms with Gasteiger partial charge in [0.2, 0.25) is 0 Å². The summed E-state index contributed by atoms with van der Waals surface area (Å²) in [6, 6.07) is 10.9. The summed E-state index contributed by atoms with van der Waals surface area (Å²) >= 11 is 0. The number of nitrogens with one attached hydrogen (secondary N) is 2. The molecule has 23 heavy (non-hydrogen) atoms. The molecular formula is C17H21N3O3. The van der Waals surface area contributed by atoms with E-state index in [0.717, 1.165) is 0 Å². The first-order chi connectivity index (χ1) is 11.2. The molecule has 1 aromatic heterocycles. The molecular weight excluding hydrogens is 294 g/mol. The van der Waals surface area contributed by atoms with E-state index in [4.69, 9.17) is 9.47 Å². The van der Waals surface area contributed by atoms with Crippen LogP contribution in [0.1, 0.15) is 17.3 Å². The van der Waals surface area contributed by atoms with Gasteiger partial charge in [-0.3, -0.25) is 4.79 Å². The van der Waals surface area contributed by atoms with Crippen molar-refractivity contribution >= 4 is 11.7 Å². The smallest absolute Gasteiger partial charge is 0.254 e. The fraction of sp³-hybridized carbons (Fsp3) is 0.294. The molecule has 2 aromatic rings. The van der Waals surface area contributed by atoms with Crippen LogP contribution in [0.4, 0.5) is 5.82 Å². The van der Waals surface area contributed by atoms with E-state index in [9.17, 15) is 4.79 Å². The predicted octanol–water partition coefficient (Wildman–Crippen LogP) is 2.33. The summed E-state index contributed by atoms with van der Waals surface area (Å²) in [4.78, 5) is 16.0. The van der Waals surface area contributed by atoms with Crippen molar-refractivity contribution in [3.05, 3.63) is 48.2 Å². The van der Waals surface area contributed by atoms with E-state index in [2.05, 4.69) is 15.6 Å². The molecule has 0 fully saturated rings. The fourth-order valence-corrected chi connectivity index (χ4v) is 2.08. The molecule has 0 bridgehead atoms. The van der Waals surface area contributed by atoms with Crippen LogP contribution in [0.15, 0.2) is 42.6 Å². The van der Waals surface area contributed by atoms with Crippen molar-refractivity contribution in [1.82, 2.24) is 10.3 Å². The van der Waals surface area contributed by atoms with Crippen LogP contribution in [0.2, 0.25) is 0 Å². The average molecular weight is 315 g/mol. The molecule has 1 amide bonds. The van der Waals surface area contributed by atoms with Gasteiger partial charge in [-0.25, -0.2) is 4.98 Å². The summed E-state index contributed by atoms with van der Waals surface area (Å²) in [5, 5.41) is 5.75. The summed E-state index contributed by atoms with van der Waals surface area (Å²) in [5.41, 5.74) is 0.500. The Hall–Kier alpha value is -2.76. The van der Waals surface area contributed by atoms with E-state index in [0.29, 0.717) is 29.4 Å². The van der Waals surface area contributed by atoms with Crippen molar-refractivity contribution in [1.29, 1.82) is 0 Å². The number of amides is 1. The second-order valence-corrected chi connectivity index (χ2v) is 4.94. The Balaban J connectivity index is 2.00. The van der Waals surface area contributed by atoms with E-state index >= 15 is 0 Å². The Morgan fingerprint density at radius 2 is 1.96 bits per heavy atom. The number of rotatable bonds is 7. The quantitative estimate of drug-likeness (QED) is 0.820. The molecule has 1 unspecified atom stereocenters. The Kier molecular flexibility index (Phi) is 5.80. The Morgan fingerprint density at radius 1 is 1.22 bits per heavy atom. The number of anilines is 1. The van der Waals surface area contributed by atoms with Crippen molar-refractivity contribution in [3.8, 4) is 11.5 Å². The maximum Gasteiger partial charge on any atom is 0.254 e. The summed E-state index contributed by atoms with van der Waals surface area (Å²) in [6.45, 7) is 2.43. The van der Waals surface area contributed by atoms with Gasteiger partial charge in [0, 0.05) is 13.2 Å². The molecule has 2 N–H and O–H groups in total. The summed E-state index contributed by atoms with van der Waals surface area (Å²) < 4.78 is 11.1. The topological polar surface area (TPSA) is 72.5 Å². The zero-order chi connectivity index (χ0) is 16.7. The normalized spacial score (nSPS) is 11.4. The molecule has 6 nitrogen and oxygen atoms in total. The minimum absolute atomic E-state index is 0.133. The van der Waals surface area contributed by atoms with E-state index < -0.39 is 0 Å². The molecule has 0 saturated heterocycles. The highest BCUT2D eigenvalue weighted by Crippen LogP contribution is 2.26. The molecule has 1 aromatic carbocycles. The number of para-hydroxylation sites is 2. The van der Waals surface area contributed by atoms with Gasteiger partial charge >= 0.3 is 0 Å². The molecule has 6 heteroatoms. The molecule has 0 radical (unpaired) electrons. The van der Waals surface area contributed by atoms with Gasteiger partial charge in [-0.2, -0.15) is 0 Å². The third-order valence-electron chi connectivity index (χ3n) is 3.23. The van der Waals surface area contributed by atoms with Gasteiger partial charge in [0.15, 0.2) is 11.5 Å². The van der Waals surface area contributed by atoms with Crippen molar-refractivity contribution < 1.29 is 14.3 Å². The molecule has 1 atom stereocenters. The van der Waals surface area contributed by atoms with Gasteiger partial charge in [0.05, 0.1) is 19.2 Å². The number of carbonyl (C=O) groups is 1. The van der Waals surface area contributed by atoms with Gasteiger partial charge in [-0.1, -0.05) is 12.1 Å². The number of pyridine rings is 1. The monoisotopic (exact) mass is 315 g/mol. The van der Waals surface area contributed by atoms with Gasteiger partial charge in [0.1, 0.15) is 11.9 Å². The van der Waals surface area contributed by atoms with Crippen LogP contribution in [-0.2, 0) is 0 Å².